The highest BCUT2D eigenvalue weighted by molar-refractivity contribution is 6.30. The fourth-order valence-electron chi connectivity index (χ4n) is 1.71. The molecule has 2 N–H and O–H groups in total. The fourth-order valence-corrected chi connectivity index (χ4v) is 1.90. The van der Waals surface area contributed by atoms with Crippen molar-refractivity contribution in [2.75, 3.05) is 11.9 Å². The Balaban J connectivity index is 2.05. The predicted octanol–water partition coefficient (Wildman–Crippen LogP) is 2.18. The number of nitrogens with one attached hydrogen (secondary N) is 1. The molecular formula is C12H18ClN3O. The second-order valence-corrected chi connectivity index (χ2v) is 4.90. The number of halogens is 1. The van der Waals surface area contributed by atoms with Gasteiger partial charge in [0, 0.05) is 18.5 Å². The average Bonchev–Trinajstić information content (AvgIpc) is 3.14. The Labute approximate surface area is 106 Å². The maximum Gasteiger partial charge on any atom is 0.137 e. The van der Waals surface area contributed by atoms with Crippen LogP contribution in [0.15, 0.2) is 0 Å². The first kappa shape index (κ1) is 12.6. The Morgan fingerprint density at radius 3 is 2.76 bits per heavy atom. The molecule has 0 radical (unpaired) electrons. The monoisotopic (exact) mass is 255 g/mol. The number of hydrogen-bond acceptors (Lipinski definition) is 4. The Kier molecular flexibility index (Phi) is 3.84. The third-order valence-electron chi connectivity index (χ3n) is 3.09. The van der Waals surface area contributed by atoms with Gasteiger partial charge in [-0.25, -0.2) is 9.97 Å². The van der Waals surface area contributed by atoms with Gasteiger partial charge in [0.1, 0.15) is 16.8 Å². The molecular weight excluding hydrogens is 238 g/mol. The molecule has 0 spiro atoms. The van der Waals surface area contributed by atoms with E-state index in [2.05, 4.69) is 15.3 Å². The summed E-state index contributed by atoms with van der Waals surface area (Å²) in [6.07, 6.45) is 2.73. The summed E-state index contributed by atoms with van der Waals surface area (Å²) in [5.74, 6) is 1.93. The summed E-state index contributed by atoms with van der Waals surface area (Å²) in [4.78, 5) is 8.56. The predicted molar refractivity (Wildman–Crippen MR) is 68.4 cm³/mol. The van der Waals surface area contributed by atoms with Gasteiger partial charge >= 0.3 is 0 Å². The number of aromatic nitrogens is 2. The lowest BCUT2D eigenvalue weighted by molar-refractivity contribution is 0.164. The van der Waals surface area contributed by atoms with E-state index < -0.39 is 0 Å². The summed E-state index contributed by atoms with van der Waals surface area (Å²) in [7, 11) is 0. The number of aliphatic hydroxyl groups excluding tert-OH is 1. The first-order valence-corrected chi connectivity index (χ1v) is 6.44. The van der Waals surface area contributed by atoms with Gasteiger partial charge in [-0.3, -0.25) is 0 Å². The van der Waals surface area contributed by atoms with Gasteiger partial charge in [0.05, 0.1) is 6.10 Å². The summed E-state index contributed by atoms with van der Waals surface area (Å²) >= 11 is 6.03. The lowest BCUT2D eigenvalue weighted by Gasteiger charge is -2.14. The molecule has 1 fully saturated rings. The van der Waals surface area contributed by atoms with Gasteiger partial charge in [-0.1, -0.05) is 18.5 Å². The minimum absolute atomic E-state index is 0.284. The summed E-state index contributed by atoms with van der Waals surface area (Å²) in [6.45, 7) is 4.40. The van der Waals surface area contributed by atoms with Gasteiger partial charge in [0.2, 0.25) is 0 Å². The first-order chi connectivity index (χ1) is 8.11. The second kappa shape index (κ2) is 5.19. The average molecular weight is 256 g/mol. The van der Waals surface area contributed by atoms with Crippen molar-refractivity contribution in [2.24, 2.45) is 5.92 Å². The van der Waals surface area contributed by atoms with Gasteiger partial charge in [-0.15, -0.1) is 0 Å². The maximum atomic E-state index is 9.80. The van der Waals surface area contributed by atoms with E-state index in [1.807, 2.05) is 13.8 Å². The van der Waals surface area contributed by atoms with Crippen molar-refractivity contribution in [3.05, 3.63) is 16.5 Å². The van der Waals surface area contributed by atoms with Crippen LogP contribution < -0.4 is 5.32 Å². The van der Waals surface area contributed by atoms with Crippen LogP contribution in [0.1, 0.15) is 31.2 Å². The molecule has 4 nitrogen and oxygen atoms in total. The molecule has 0 bridgehead atoms. The molecule has 0 amide bonds. The second-order valence-electron chi connectivity index (χ2n) is 4.54. The van der Waals surface area contributed by atoms with Gasteiger partial charge in [-0.2, -0.15) is 0 Å². The van der Waals surface area contributed by atoms with Crippen molar-refractivity contribution in [1.29, 1.82) is 0 Å². The Morgan fingerprint density at radius 2 is 2.18 bits per heavy atom. The van der Waals surface area contributed by atoms with Gasteiger partial charge < -0.3 is 10.4 Å². The largest absolute Gasteiger partial charge is 0.391 e. The third kappa shape index (κ3) is 3.07. The zero-order valence-electron chi connectivity index (χ0n) is 10.2. The van der Waals surface area contributed by atoms with E-state index in [1.165, 1.54) is 0 Å². The van der Waals surface area contributed by atoms with Crippen LogP contribution in [0, 0.1) is 12.8 Å². The van der Waals surface area contributed by atoms with Crippen molar-refractivity contribution >= 4 is 17.4 Å². The normalized spacial score (nSPS) is 16.9. The molecule has 1 aliphatic carbocycles. The van der Waals surface area contributed by atoms with Crippen LogP contribution in [0.2, 0.25) is 5.15 Å². The van der Waals surface area contributed by atoms with Crippen molar-refractivity contribution < 1.29 is 5.11 Å². The molecule has 1 aliphatic rings. The molecule has 1 aromatic rings. The van der Waals surface area contributed by atoms with Gasteiger partial charge in [0.15, 0.2) is 0 Å². The SMILES string of the molecule is CCc1nc(Cl)c(C)c(NCC(O)C2CC2)n1. The van der Waals surface area contributed by atoms with Crippen LogP contribution in [0.25, 0.3) is 0 Å². The minimum atomic E-state index is -0.284. The van der Waals surface area contributed by atoms with Gasteiger partial charge in [-0.05, 0) is 25.7 Å². The van der Waals surface area contributed by atoms with E-state index in [9.17, 15) is 5.11 Å². The molecule has 0 aromatic carbocycles. The van der Waals surface area contributed by atoms with Crippen LogP contribution in [0.4, 0.5) is 5.82 Å². The number of nitrogens with zero attached hydrogens (tertiary/aromatic N) is 2. The smallest absolute Gasteiger partial charge is 0.137 e. The number of anilines is 1. The minimum Gasteiger partial charge on any atom is -0.391 e. The van der Waals surface area contributed by atoms with E-state index in [0.717, 1.165) is 36.5 Å². The third-order valence-corrected chi connectivity index (χ3v) is 3.46. The first-order valence-electron chi connectivity index (χ1n) is 6.06. The molecule has 1 atom stereocenters. The Bertz CT molecular complexity index is 407. The van der Waals surface area contributed by atoms with Gasteiger partial charge in [0.25, 0.3) is 0 Å². The molecule has 1 heterocycles. The van der Waals surface area contributed by atoms with E-state index in [1.54, 1.807) is 0 Å². The molecule has 0 aliphatic heterocycles. The van der Waals surface area contributed by atoms with E-state index in [0.29, 0.717) is 17.6 Å². The summed E-state index contributed by atoms with van der Waals surface area (Å²) in [5, 5.41) is 13.4. The van der Waals surface area contributed by atoms with Crippen LogP contribution in [-0.4, -0.2) is 27.7 Å². The summed E-state index contributed by atoms with van der Waals surface area (Å²) in [6, 6.07) is 0. The Morgan fingerprint density at radius 1 is 1.47 bits per heavy atom. The van der Waals surface area contributed by atoms with Crippen LogP contribution in [0.3, 0.4) is 0 Å². The van der Waals surface area contributed by atoms with Crippen molar-refractivity contribution in [2.45, 2.75) is 39.2 Å². The van der Waals surface area contributed by atoms with Crippen molar-refractivity contribution in [3.8, 4) is 0 Å². The summed E-state index contributed by atoms with van der Waals surface area (Å²) in [5.41, 5.74) is 0.840. The highest BCUT2D eigenvalue weighted by Crippen LogP contribution is 2.32. The number of rotatable bonds is 5. The van der Waals surface area contributed by atoms with E-state index >= 15 is 0 Å². The highest BCUT2D eigenvalue weighted by Gasteiger charge is 2.29. The number of aliphatic hydroxyl groups is 1. The number of hydrogen-bond donors (Lipinski definition) is 2. The van der Waals surface area contributed by atoms with Crippen LogP contribution in [0.5, 0.6) is 0 Å². The van der Waals surface area contributed by atoms with E-state index in [-0.39, 0.29) is 6.10 Å². The molecule has 2 rings (SSSR count). The zero-order valence-corrected chi connectivity index (χ0v) is 11.0. The molecule has 1 unspecified atom stereocenters. The summed E-state index contributed by atoms with van der Waals surface area (Å²) < 4.78 is 0. The molecule has 17 heavy (non-hydrogen) atoms. The topological polar surface area (TPSA) is 58.0 Å². The quantitative estimate of drug-likeness (QED) is 0.792. The van der Waals surface area contributed by atoms with Crippen molar-refractivity contribution in [3.63, 3.8) is 0 Å². The van der Waals surface area contributed by atoms with Crippen LogP contribution >= 0.6 is 11.6 Å². The Hall–Kier alpha value is -0.870. The highest BCUT2D eigenvalue weighted by atomic mass is 35.5. The molecule has 94 valence electrons. The van der Waals surface area contributed by atoms with E-state index in [4.69, 9.17) is 11.6 Å². The molecule has 1 saturated carbocycles. The van der Waals surface area contributed by atoms with Crippen LogP contribution in [-0.2, 0) is 6.42 Å². The lowest BCUT2D eigenvalue weighted by Crippen LogP contribution is -2.22. The molecule has 1 aromatic heterocycles. The standard InChI is InChI=1S/C12H18ClN3O/c1-3-10-15-11(13)7(2)12(16-10)14-6-9(17)8-4-5-8/h8-9,17H,3-6H2,1-2H3,(H,14,15,16). The zero-order chi connectivity index (χ0) is 12.4. The molecule has 5 heteroatoms. The molecule has 0 saturated heterocycles. The fraction of sp³-hybridized carbons (Fsp3) is 0.667. The number of aryl methyl sites for hydroxylation is 1. The maximum absolute atomic E-state index is 9.80. The van der Waals surface area contributed by atoms with Crippen molar-refractivity contribution in [1.82, 2.24) is 9.97 Å². The lowest BCUT2D eigenvalue weighted by atomic mass is 10.2.